The summed E-state index contributed by atoms with van der Waals surface area (Å²) >= 11 is 0. The van der Waals surface area contributed by atoms with Gasteiger partial charge in [-0.25, -0.2) is 14.4 Å². The molecule has 4 aliphatic heterocycles. The number of imide groups is 1. The van der Waals surface area contributed by atoms with Crippen molar-refractivity contribution in [2.45, 2.75) is 37.8 Å². The Kier molecular flexibility index (Phi) is 9.78. The van der Waals surface area contributed by atoms with Crippen molar-refractivity contribution in [2.75, 3.05) is 62.2 Å². The molecule has 57 heavy (non-hydrogen) atoms. The van der Waals surface area contributed by atoms with E-state index in [4.69, 9.17) is 10.4 Å². The van der Waals surface area contributed by atoms with Crippen molar-refractivity contribution in [3.8, 4) is 11.4 Å². The first-order chi connectivity index (χ1) is 27.8. The van der Waals surface area contributed by atoms with Gasteiger partial charge in [0, 0.05) is 64.7 Å². The fraction of sp³-hybridized carbons (Fsp3) is 0.366. The van der Waals surface area contributed by atoms with Gasteiger partial charge in [-0.3, -0.25) is 30.0 Å². The summed E-state index contributed by atoms with van der Waals surface area (Å²) < 4.78 is 15.0. The summed E-state index contributed by atoms with van der Waals surface area (Å²) in [6.07, 6.45) is 7.50. The number of fused-ring (bicyclic) bond motifs is 1. The number of rotatable bonds is 9. The molecule has 2 atom stereocenters. The molecular weight excluding hydrogens is 728 g/mol. The SMILES string of the molecule is N=C(/C=C\c1ncc(-c2cccc(N3CCN(CC4CN(c5cccc6nnn(C7CCC(=O)NC7=O)c(=O)c56)C4)CC3)n2)[nH]1)N1CCC[C@@H]1c1cccc(F)c1. The number of piperazine rings is 1. The van der Waals surface area contributed by atoms with Crippen LogP contribution < -0.4 is 20.7 Å². The lowest BCUT2D eigenvalue weighted by Gasteiger charge is -2.45. The average molecular weight is 771 g/mol. The Hall–Kier alpha value is -6.29. The van der Waals surface area contributed by atoms with Crippen molar-refractivity contribution in [1.29, 1.82) is 5.41 Å². The number of pyridine rings is 1. The number of aromatic amines is 1. The highest BCUT2D eigenvalue weighted by molar-refractivity contribution is 5.99. The van der Waals surface area contributed by atoms with Gasteiger partial charge in [0.05, 0.1) is 34.7 Å². The van der Waals surface area contributed by atoms with Gasteiger partial charge in [0.25, 0.3) is 11.5 Å². The molecule has 0 bridgehead atoms. The highest BCUT2D eigenvalue weighted by Gasteiger charge is 2.34. The standard InChI is InChI=1S/C41H43FN12O3/c42-28-6-1-5-27(21-28)32-10-4-16-53(32)35(43)13-14-36-44-22-31(45-36)29-7-3-11-37(46-29)51-19-17-50(18-20-51)23-26-24-52(25-26)33-9-2-8-30-39(33)41(57)54(49-48-30)34-12-15-38(55)47-40(34)56/h1-3,5-9,11,13-14,21-22,26,32,34,43H,4,10,12,15-20,23-25H2,(H,44,45)(H,47,55,56)/b14-13-,43-35?/t32-,34?/m1/s1. The molecule has 292 valence electrons. The number of imidazole rings is 1. The number of carbonyl (C=O) groups excluding carboxylic acids is 2. The zero-order valence-corrected chi connectivity index (χ0v) is 31.4. The number of aromatic nitrogens is 6. The number of likely N-dealkylation sites (tertiary alicyclic amines) is 1. The second kappa shape index (κ2) is 15.3. The van der Waals surface area contributed by atoms with Crippen molar-refractivity contribution < 1.29 is 14.0 Å². The highest BCUT2D eigenvalue weighted by atomic mass is 19.1. The van der Waals surface area contributed by atoms with E-state index in [1.807, 2.05) is 41.3 Å². The molecule has 15 nitrogen and oxygen atoms in total. The van der Waals surface area contributed by atoms with Gasteiger partial charge in [0.15, 0.2) is 0 Å². The second-order valence-electron chi connectivity index (χ2n) is 15.2. The number of benzene rings is 2. The predicted molar refractivity (Wildman–Crippen MR) is 213 cm³/mol. The van der Waals surface area contributed by atoms with E-state index in [9.17, 15) is 18.8 Å². The number of nitrogens with one attached hydrogen (secondary N) is 3. The minimum Gasteiger partial charge on any atom is -0.370 e. The molecule has 3 aromatic heterocycles. The maximum absolute atomic E-state index is 13.9. The largest absolute Gasteiger partial charge is 0.370 e. The third-order valence-corrected chi connectivity index (χ3v) is 11.5. The first kappa shape index (κ1) is 36.4. The van der Waals surface area contributed by atoms with Gasteiger partial charge in [-0.1, -0.05) is 29.5 Å². The van der Waals surface area contributed by atoms with Crippen LogP contribution in [0.4, 0.5) is 15.9 Å². The number of carbonyl (C=O) groups is 2. The zero-order chi connectivity index (χ0) is 39.0. The summed E-state index contributed by atoms with van der Waals surface area (Å²) in [5.74, 6) is 1.22. The molecule has 16 heteroatoms. The van der Waals surface area contributed by atoms with Crippen LogP contribution in [0.5, 0.6) is 0 Å². The van der Waals surface area contributed by atoms with Crippen molar-refractivity contribution in [3.63, 3.8) is 0 Å². The lowest BCUT2D eigenvalue weighted by atomic mass is 9.97. The van der Waals surface area contributed by atoms with Gasteiger partial charge in [0.1, 0.15) is 34.9 Å². The van der Waals surface area contributed by atoms with Crippen LogP contribution in [-0.2, 0) is 9.59 Å². The van der Waals surface area contributed by atoms with Gasteiger partial charge in [-0.2, -0.15) is 4.68 Å². The molecule has 7 heterocycles. The average Bonchev–Trinajstić information content (AvgIpc) is 3.90. The van der Waals surface area contributed by atoms with Crippen LogP contribution in [0, 0.1) is 17.1 Å². The van der Waals surface area contributed by atoms with E-state index < -0.39 is 11.9 Å². The van der Waals surface area contributed by atoms with Gasteiger partial charge in [0.2, 0.25) is 5.91 Å². The summed E-state index contributed by atoms with van der Waals surface area (Å²) in [6, 6.07) is 17.3. The third kappa shape index (κ3) is 7.39. The smallest absolute Gasteiger partial charge is 0.280 e. The summed E-state index contributed by atoms with van der Waals surface area (Å²) in [6.45, 7) is 6.83. The van der Waals surface area contributed by atoms with Gasteiger partial charge < -0.3 is 19.7 Å². The zero-order valence-electron chi connectivity index (χ0n) is 31.4. The second-order valence-corrected chi connectivity index (χ2v) is 15.2. The highest BCUT2D eigenvalue weighted by Crippen LogP contribution is 2.33. The maximum atomic E-state index is 13.9. The normalized spacial score (nSPS) is 20.8. The van der Waals surface area contributed by atoms with Crippen molar-refractivity contribution in [2.24, 2.45) is 5.92 Å². The fourth-order valence-electron chi connectivity index (χ4n) is 8.54. The minimum absolute atomic E-state index is 0.0157. The van der Waals surface area contributed by atoms with Crippen LogP contribution >= 0.6 is 0 Å². The molecule has 4 fully saturated rings. The summed E-state index contributed by atoms with van der Waals surface area (Å²) in [5, 5.41) is 19.8. The molecule has 0 radical (unpaired) electrons. The Bertz CT molecular complexity index is 2430. The Morgan fingerprint density at radius 2 is 1.75 bits per heavy atom. The minimum atomic E-state index is -0.862. The molecule has 2 aromatic carbocycles. The number of anilines is 2. The molecule has 4 aliphatic rings. The number of H-pyrrole nitrogens is 1. The summed E-state index contributed by atoms with van der Waals surface area (Å²) in [7, 11) is 0. The number of halogens is 1. The van der Waals surface area contributed by atoms with E-state index in [0.29, 0.717) is 28.5 Å². The Morgan fingerprint density at radius 3 is 2.58 bits per heavy atom. The van der Waals surface area contributed by atoms with Crippen molar-refractivity contribution in [3.05, 3.63) is 100 Å². The van der Waals surface area contributed by atoms with Crippen LogP contribution in [0.3, 0.4) is 0 Å². The number of piperidine rings is 1. The molecule has 4 saturated heterocycles. The monoisotopic (exact) mass is 770 g/mol. The summed E-state index contributed by atoms with van der Waals surface area (Å²) in [5.41, 5.74) is 3.37. The van der Waals surface area contributed by atoms with Gasteiger partial charge >= 0.3 is 0 Å². The number of hydrogen-bond donors (Lipinski definition) is 3. The van der Waals surface area contributed by atoms with Gasteiger partial charge in [-0.15, -0.1) is 5.10 Å². The molecule has 0 aliphatic carbocycles. The van der Waals surface area contributed by atoms with Crippen molar-refractivity contribution >= 4 is 46.1 Å². The maximum Gasteiger partial charge on any atom is 0.280 e. The van der Waals surface area contributed by atoms with E-state index in [2.05, 4.69) is 40.3 Å². The molecule has 3 N–H and O–H groups in total. The Balaban J connectivity index is 0.782. The fourth-order valence-corrected chi connectivity index (χ4v) is 8.54. The molecule has 2 amide bonds. The molecule has 9 rings (SSSR count). The summed E-state index contributed by atoms with van der Waals surface area (Å²) in [4.78, 5) is 59.6. The quantitative estimate of drug-likeness (QED) is 0.113. The van der Waals surface area contributed by atoms with E-state index in [0.717, 1.165) is 98.3 Å². The van der Waals surface area contributed by atoms with E-state index in [1.54, 1.807) is 36.5 Å². The molecule has 0 saturated carbocycles. The van der Waals surface area contributed by atoms with Crippen LogP contribution in [0.1, 0.15) is 49.2 Å². The molecule has 1 unspecified atom stereocenters. The van der Waals surface area contributed by atoms with Gasteiger partial charge in [-0.05, 0) is 73.4 Å². The lowest BCUT2D eigenvalue weighted by Crippen LogP contribution is -2.55. The van der Waals surface area contributed by atoms with E-state index >= 15 is 0 Å². The van der Waals surface area contributed by atoms with E-state index in [-0.39, 0.29) is 36.2 Å². The number of nitrogens with zero attached hydrogens (tertiary/aromatic N) is 9. The van der Waals surface area contributed by atoms with Crippen LogP contribution in [0.2, 0.25) is 0 Å². The van der Waals surface area contributed by atoms with Crippen LogP contribution in [-0.4, -0.2) is 110 Å². The number of hydrogen-bond acceptors (Lipinski definition) is 11. The first-order valence-corrected chi connectivity index (χ1v) is 19.5. The van der Waals surface area contributed by atoms with Crippen LogP contribution in [0.25, 0.3) is 28.4 Å². The topological polar surface area (TPSA) is 172 Å². The third-order valence-electron chi connectivity index (χ3n) is 11.5. The number of amidine groups is 1. The Morgan fingerprint density at radius 1 is 0.930 bits per heavy atom. The lowest BCUT2D eigenvalue weighted by molar-refractivity contribution is -0.136. The number of amides is 2. The Labute approximate surface area is 327 Å². The molecular formula is C41H43FN12O3. The van der Waals surface area contributed by atoms with Crippen molar-refractivity contribution in [1.82, 2.24) is 45.1 Å². The first-order valence-electron chi connectivity index (χ1n) is 19.5. The molecule has 5 aromatic rings. The van der Waals surface area contributed by atoms with E-state index in [1.165, 1.54) is 6.07 Å². The predicted octanol–water partition coefficient (Wildman–Crippen LogP) is 3.78. The van der Waals surface area contributed by atoms with Crippen LogP contribution in [0.15, 0.2) is 77.7 Å². The molecule has 0 spiro atoms.